The molecule has 3 aromatic carbocycles. The van der Waals surface area contributed by atoms with Crippen LogP contribution in [0.4, 0.5) is 11.4 Å². The van der Waals surface area contributed by atoms with Crippen LogP contribution in [0, 0.1) is 17.0 Å². The van der Waals surface area contributed by atoms with Gasteiger partial charge in [0.1, 0.15) is 0 Å². The molecule has 0 aliphatic heterocycles. The largest absolute Gasteiger partial charge is 0.493 e. The topological polar surface area (TPSA) is 118 Å². The molecule has 1 aromatic heterocycles. The van der Waals surface area contributed by atoms with E-state index in [-0.39, 0.29) is 28.3 Å². The van der Waals surface area contributed by atoms with Gasteiger partial charge in [-0.25, -0.2) is 14.5 Å². The number of non-ortho nitro benzene ring substituents is 1. The van der Waals surface area contributed by atoms with E-state index in [0.717, 1.165) is 11.8 Å². The van der Waals surface area contributed by atoms with Crippen molar-refractivity contribution in [2.75, 3.05) is 7.11 Å². The van der Waals surface area contributed by atoms with Gasteiger partial charge in [-0.1, -0.05) is 24.3 Å². The standard InChI is InChI=1S/C26H22N4O6/c1-17-24(25(31)29(28(17)2)20-9-5-4-6-10-20)27-16-18-12-13-22(23(14-18)35-3)36-26(32)19-8-7-11-21(15-19)30(33)34/h4-16H,1-3H3. The van der Waals surface area contributed by atoms with Gasteiger partial charge in [0.25, 0.3) is 11.2 Å². The first-order chi connectivity index (χ1) is 17.3. The lowest BCUT2D eigenvalue weighted by Gasteiger charge is -2.10. The van der Waals surface area contributed by atoms with Crippen LogP contribution in [0.15, 0.2) is 82.6 Å². The number of aliphatic imine (C=N–C) groups is 1. The van der Waals surface area contributed by atoms with E-state index in [1.807, 2.05) is 37.3 Å². The molecular formula is C26H22N4O6. The highest BCUT2D eigenvalue weighted by atomic mass is 16.6. The number of methoxy groups -OCH3 is 1. The molecule has 0 aliphatic rings. The van der Waals surface area contributed by atoms with Crippen molar-refractivity contribution in [3.8, 4) is 17.2 Å². The maximum absolute atomic E-state index is 13.0. The highest BCUT2D eigenvalue weighted by molar-refractivity contribution is 5.92. The van der Waals surface area contributed by atoms with E-state index in [1.165, 1.54) is 37.6 Å². The first-order valence-corrected chi connectivity index (χ1v) is 10.8. The van der Waals surface area contributed by atoms with Crippen molar-refractivity contribution < 1.29 is 19.2 Å². The fourth-order valence-corrected chi connectivity index (χ4v) is 3.60. The zero-order chi connectivity index (χ0) is 25.8. The van der Waals surface area contributed by atoms with Crippen LogP contribution in [-0.2, 0) is 7.05 Å². The summed E-state index contributed by atoms with van der Waals surface area (Å²) in [7, 11) is 3.21. The van der Waals surface area contributed by atoms with E-state index in [9.17, 15) is 19.7 Å². The smallest absolute Gasteiger partial charge is 0.343 e. The SMILES string of the molecule is COc1cc(C=Nc2c(C)n(C)n(-c3ccccc3)c2=O)ccc1OC(=O)c1cccc([N+](=O)[O-])c1. The maximum atomic E-state index is 13.0. The van der Waals surface area contributed by atoms with Crippen molar-refractivity contribution in [2.24, 2.45) is 12.0 Å². The van der Waals surface area contributed by atoms with Gasteiger partial charge in [-0.05, 0) is 48.9 Å². The number of nitro benzene ring substituents is 1. The van der Waals surface area contributed by atoms with Crippen LogP contribution in [-0.4, -0.2) is 33.6 Å². The van der Waals surface area contributed by atoms with E-state index < -0.39 is 10.9 Å². The highest BCUT2D eigenvalue weighted by Crippen LogP contribution is 2.29. The molecule has 4 rings (SSSR count). The highest BCUT2D eigenvalue weighted by Gasteiger charge is 2.17. The van der Waals surface area contributed by atoms with Gasteiger partial charge < -0.3 is 9.47 Å². The van der Waals surface area contributed by atoms with E-state index in [4.69, 9.17) is 9.47 Å². The van der Waals surface area contributed by atoms with Gasteiger partial charge in [0.15, 0.2) is 17.2 Å². The van der Waals surface area contributed by atoms with E-state index in [2.05, 4.69) is 4.99 Å². The van der Waals surface area contributed by atoms with Crippen LogP contribution in [0.5, 0.6) is 11.5 Å². The maximum Gasteiger partial charge on any atom is 0.343 e. The molecule has 0 saturated carbocycles. The quantitative estimate of drug-likeness (QED) is 0.126. The van der Waals surface area contributed by atoms with Gasteiger partial charge in [-0.15, -0.1) is 0 Å². The average Bonchev–Trinajstić information content (AvgIpc) is 3.11. The number of carbonyl (C=O) groups is 1. The predicted octanol–water partition coefficient (Wildman–Crippen LogP) is 4.37. The van der Waals surface area contributed by atoms with E-state index in [1.54, 1.807) is 28.5 Å². The minimum Gasteiger partial charge on any atom is -0.493 e. The van der Waals surface area contributed by atoms with Crippen molar-refractivity contribution in [1.29, 1.82) is 0 Å². The molecule has 0 amide bonds. The molecule has 10 heteroatoms. The zero-order valence-corrected chi connectivity index (χ0v) is 19.7. The third kappa shape index (κ3) is 4.78. The molecule has 0 spiro atoms. The molecule has 4 aromatic rings. The number of hydrogen-bond acceptors (Lipinski definition) is 7. The molecule has 0 bridgehead atoms. The molecule has 0 saturated heterocycles. The Bertz CT molecular complexity index is 1540. The van der Waals surface area contributed by atoms with Crippen molar-refractivity contribution >= 4 is 23.6 Å². The summed E-state index contributed by atoms with van der Waals surface area (Å²) in [6.07, 6.45) is 1.52. The van der Waals surface area contributed by atoms with Gasteiger partial charge in [0.2, 0.25) is 0 Å². The molecule has 0 atom stereocenters. The summed E-state index contributed by atoms with van der Waals surface area (Å²) in [5.74, 6) is -0.377. The molecular weight excluding hydrogens is 464 g/mol. The number of benzene rings is 3. The van der Waals surface area contributed by atoms with Crippen molar-refractivity contribution in [3.63, 3.8) is 0 Å². The second-order valence-electron chi connectivity index (χ2n) is 7.78. The number of nitrogens with zero attached hydrogens (tertiary/aromatic N) is 4. The zero-order valence-electron chi connectivity index (χ0n) is 19.7. The number of rotatable bonds is 7. The molecule has 10 nitrogen and oxygen atoms in total. The Morgan fingerprint density at radius 1 is 1.03 bits per heavy atom. The summed E-state index contributed by atoms with van der Waals surface area (Å²) < 4.78 is 14.0. The summed E-state index contributed by atoms with van der Waals surface area (Å²) >= 11 is 0. The molecule has 182 valence electrons. The van der Waals surface area contributed by atoms with Crippen LogP contribution in [0.25, 0.3) is 5.69 Å². The second-order valence-corrected chi connectivity index (χ2v) is 7.78. The summed E-state index contributed by atoms with van der Waals surface area (Å²) in [5.41, 5.74) is 1.88. The van der Waals surface area contributed by atoms with Crippen LogP contribution in [0.3, 0.4) is 0 Å². The van der Waals surface area contributed by atoms with Crippen molar-refractivity contribution in [3.05, 3.63) is 110 Å². The summed E-state index contributed by atoms with van der Waals surface area (Å²) in [6.45, 7) is 1.81. The fourth-order valence-electron chi connectivity index (χ4n) is 3.60. The number of para-hydroxylation sites is 1. The second kappa shape index (κ2) is 10.1. The summed E-state index contributed by atoms with van der Waals surface area (Å²) in [5, 5.41) is 11.0. The van der Waals surface area contributed by atoms with Gasteiger partial charge in [-0.2, -0.15) is 0 Å². The molecule has 0 aliphatic carbocycles. The number of hydrogen-bond donors (Lipinski definition) is 0. The van der Waals surface area contributed by atoms with Crippen LogP contribution in [0.2, 0.25) is 0 Å². The Kier molecular flexibility index (Phi) is 6.77. The van der Waals surface area contributed by atoms with E-state index in [0.29, 0.717) is 16.9 Å². The number of ether oxygens (including phenoxy) is 2. The third-order valence-corrected chi connectivity index (χ3v) is 5.55. The first kappa shape index (κ1) is 24.1. The normalized spacial score (nSPS) is 11.0. The Morgan fingerprint density at radius 2 is 1.78 bits per heavy atom. The third-order valence-electron chi connectivity index (χ3n) is 5.55. The molecule has 36 heavy (non-hydrogen) atoms. The summed E-state index contributed by atoms with van der Waals surface area (Å²) in [6, 6.07) is 19.3. The Hall–Kier alpha value is -4.99. The predicted molar refractivity (Wildman–Crippen MR) is 134 cm³/mol. The molecule has 0 fully saturated rings. The van der Waals surface area contributed by atoms with E-state index >= 15 is 0 Å². The average molecular weight is 486 g/mol. The van der Waals surface area contributed by atoms with Crippen LogP contribution < -0.4 is 15.0 Å². The lowest BCUT2D eigenvalue weighted by atomic mass is 10.2. The lowest BCUT2D eigenvalue weighted by molar-refractivity contribution is -0.384. The molecule has 0 radical (unpaired) electrons. The van der Waals surface area contributed by atoms with Gasteiger partial charge in [0, 0.05) is 25.4 Å². The monoisotopic (exact) mass is 486 g/mol. The number of esters is 1. The van der Waals surface area contributed by atoms with Crippen molar-refractivity contribution in [1.82, 2.24) is 9.36 Å². The first-order valence-electron chi connectivity index (χ1n) is 10.8. The Balaban J connectivity index is 1.59. The molecule has 0 unspecified atom stereocenters. The molecule has 1 heterocycles. The van der Waals surface area contributed by atoms with Gasteiger partial charge >= 0.3 is 5.97 Å². The van der Waals surface area contributed by atoms with Crippen LogP contribution >= 0.6 is 0 Å². The minimum atomic E-state index is -0.764. The Morgan fingerprint density at radius 3 is 2.47 bits per heavy atom. The molecule has 0 N–H and O–H groups in total. The fraction of sp³-hybridized carbons (Fsp3) is 0.115. The minimum absolute atomic E-state index is 0.0335. The van der Waals surface area contributed by atoms with Crippen LogP contribution in [0.1, 0.15) is 21.6 Å². The van der Waals surface area contributed by atoms with Gasteiger partial charge in [-0.3, -0.25) is 19.6 Å². The number of aromatic nitrogens is 2. The lowest BCUT2D eigenvalue weighted by Crippen LogP contribution is -2.19. The Labute approximate surface area is 205 Å². The number of nitro groups is 1. The number of carbonyl (C=O) groups excluding carboxylic acids is 1. The van der Waals surface area contributed by atoms with Gasteiger partial charge in [0.05, 0.1) is 29.0 Å². The van der Waals surface area contributed by atoms with Crippen molar-refractivity contribution in [2.45, 2.75) is 6.92 Å². The summed E-state index contributed by atoms with van der Waals surface area (Å²) in [4.78, 5) is 40.3.